The molecule has 1 aliphatic rings. The minimum Gasteiger partial charge on any atom is -0.346 e. The molecule has 1 fully saturated rings. The van der Waals surface area contributed by atoms with Crippen LogP contribution < -0.4 is 0 Å². The monoisotopic (exact) mass is 299 g/mol. The molecule has 0 atom stereocenters. The highest BCUT2D eigenvalue weighted by molar-refractivity contribution is 5.84. The van der Waals surface area contributed by atoms with Gasteiger partial charge >= 0.3 is 5.92 Å². The Kier molecular flexibility index (Phi) is 4.90. The van der Waals surface area contributed by atoms with E-state index in [9.17, 15) is 13.6 Å². The molecule has 0 aromatic heterocycles. The number of hydrogen-bond donors (Lipinski definition) is 0. The van der Waals surface area contributed by atoms with Crippen LogP contribution in [0, 0.1) is 0 Å². The Hall–Kier alpha value is -1.53. The second kappa shape index (κ2) is 6.49. The van der Waals surface area contributed by atoms with Crippen molar-refractivity contribution in [2.24, 2.45) is 0 Å². The standard InChI is InChI=1S/C15H19F2NO3/c1-3-18(4-2)14(19)15(16,17)12-7-5-6-11(10-12)13-20-8-9-21-13/h5-7,10,13H,3-4,8-9H2,1-2H3. The summed E-state index contributed by atoms with van der Waals surface area (Å²) in [6, 6.07) is 5.66. The molecular formula is C15H19F2NO3. The third kappa shape index (κ3) is 3.22. The lowest BCUT2D eigenvalue weighted by Crippen LogP contribution is -2.41. The van der Waals surface area contributed by atoms with Crippen molar-refractivity contribution in [3.05, 3.63) is 35.4 Å². The van der Waals surface area contributed by atoms with Crippen LogP contribution in [-0.2, 0) is 20.2 Å². The average molecular weight is 299 g/mol. The number of nitrogens with zero attached hydrogens (tertiary/aromatic N) is 1. The maximum atomic E-state index is 14.4. The largest absolute Gasteiger partial charge is 0.349 e. The van der Waals surface area contributed by atoms with Crippen LogP contribution in [-0.4, -0.2) is 37.1 Å². The second-order valence-corrected chi connectivity index (χ2v) is 4.75. The van der Waals surface area contributed by atoms with Crippen molar-refractivity contribution in [3.63, 3.8) is 0 Å². The van der Waals surface area contributed by atoms with Crippen molar-refractivity contribution in [3.8, 4) is 0 Å². The molecule has 0 unspecified atom stereocenters. The molecule has 0 aliphatic carbocycles. The summed E-state index contributed by atoms with van der Waals surface area (Å²) in [4.78, 5) is 13.1. The van der Waals surface area contributed by atoms with Crippen LogP contribution >= 0.6 is 0 Å². The summed E-state index contributed by atoms with van der Waals surface area (Å²) in [5.41, 5.74) is 0.160. The molecule has 1 heterocycles. The molecule has 1 aliphatic heterocycles. The molecule has 21 heavy (non-hydrogen) atoms. The van der Waals surface area contributed by atoms with Gasteiger partial charge in [-0.3, -0.25) is 4.79 Å². The normalized spacial score (nSPS) is 16.2. The van der Waals surface area contributed by atoms with Crippen molar-refractivity contribution in [1.29, 1.82) is 0 Å². The Morgan fingerprint density at radius 3 is 2.48 bits per heavy atom. The van der Waals surface area contributed by atoms with E-state index in [-0.39, 0.29) is 18.7 Å². The van der Waals surface area contributed by atoms with E-state index in [4.69, 9.17) is 9.47 Å². The van der Waals surface area contributed by atoms with Gasteiger partial charge < -0.3 is 14.4 Å². The maximum absolute atomic E-state index is 14.4. The topological polar surface area (TPSA) is 38.8 Å². The van der Waals surface area contributed by atoms with Crippen LogP contribution in [0.3, 0.4) is 0 Å². The van der Waals surface area contributed by atoms with Crippen LogP contribution in [0.1, 0.15) is 31.3 Å². The summed E-state index contributed by atoms with van der Waals surface area (Å²) in [5, 5.41) is 0. The molecule has 2 rings (SSSR count). The van der Waals surface area contributed by atoms with Gasteiger partial charge in [-0.15, -0.1) is 0 Å². The van der Waals surface area contributed by atoms with Gasteiger partial charge in [0, 0.05) is 24.2 Å². The van der Waals surface area contributed by atoms with Gasteiger partial charge in [-0.2, -0.15) is 8.78 Å². The first kappa shape index (κ1) is 15.9. The Balaban J connectivity index is 2.26. The van der Waals surface area contributed by atoms with Gasteiger partial charge in [-0.1, -0.05) is 18.2 Å². The quantitative estimate of drug-likeness (QED) is 0.839. The first-order chi connectivity index (χ1) is 10.0. The number of carbonyl (C=O) groups is 1. The Bertz CT molecular complexity index is 497. The number of ether oxygens (including phenoxy) is 2. The maximum Gasteiger partial charge on any atom is 0.349 e. The lowest BCUT2D eigenvalue weighted by atomic mass is 10.0. The van der Waals surface area contributed by atoms with Gasteiger partial charge in [-0.05, 0) is 19.9 Å². The van der Waals surface area contributed by atoms with Crippen LogP contribution in [0.25, 0.3) is 0 Å². The van der Waals surface area contributed by atoms with Crippen molar-refractivity contribution >= 4 is 5.91 Å². The summed E-state index contributed by atoms with van der Waals surface area (Å²) in [6.07, 6.45) is -0.635. The van der Waals surface area contributed by atoms with Gasteiger partial charge in [0.1, 0.15) is 0 Å². The summed E-state index contributed by atoms with van der Waals surface area (Å²) >= 11 is 0. The van der Waals surface area contributed by atoms with E-state index < -0.39 is 18.1 Å². The number of likely N-dealkylation sites (N-methyl/N-ethyl adjacent to an activating group) is 1. The van der Waals surface area contributed by atoms with Gasteiger partial charge in [0.25, 0.3) is 5.91 Å². The first-order valence-corrected chi connectivity index (χ1v) is 7.01. The van der Waals surface area contributed by atoms with Gasteiger partial charge in [-0.25, -0.2) is 0 Å². The third-order valence-electron chi connectivity index (χ3n) is 3.46. The third-order valence-corrected chi connectivity index (χ3v) is 3.46. The molecular weight excluding hydrogens is 280 g/mol. The SMILES string of the molecule is CCN(CC)C(=O)C(F)(F)c1cccc(C2OCCO2)c1. The van der Waals surface area contributed by atoms with E-state index in [0.717, 1.165) is 4.90 Å². The fraction of sp³-hybridized carbons (Fsp3) is 0.533. The summed E-state index contributed by atoms with van der Waals surface area (Å²) in [5.74, 6) is -4.74. The number of benzene rings is 1. The Morgan fingerprint density at radius 1 is 1.29 bits per heavy atom. The van der Waals surface area contributed by atoms with Crippen molar-refractivity contribution in [1.82, 2.24) is 4.90 Å². The number of halogens is 2. The number of hydrogen-bond acceptors (Lipinski definition) is 3. The van der Waals surface area contributed by atoms with Gasteiger partial charge in [0.2, 0.25) is 0 Å². The van der Waals surface area contributed by atoms with Crippen molar-refractivity contribution in [2.75, 3.05) is 26.3 Å². The molecule has 0 N–H and O–H groups in total. The predicted octanol–water partition coefficient (Wildman–Crippen LogP) is 2.69. The minimum atomic E-state index is -3.55. The molecule has 4 nitrogen and oxygen atoms in total. The van der Waals surface area contributed by atoms with Crippen molar-refractivity contribution in [2.45, 2.75) is 26.1 Å². The molecule has 1 saturated heterocycles. The summed E-state index contributed by atoms with van der Waals surface area (Å²) in [7, 11) is 0. The van der Waals surface area contributed by atoms with E-state index in [1.807, 2.05) is 0 Å². The molecule has 1 aromatic rings. The first-order valence-electron chi connectivity index (χ1n) is 7.01. The highest BCUT2D eigenvalue weighted by Gasteiger charge is 2.43. The molecule has 6 heteroatoms. The predicted molar refractivity (Wildman–Crippen MR) is 72.9 cm³/mol. The van der Waals surface area contributed by atoms with Crippen molar-refractivity contribution < 1.29 is 23.0 Å². The molecule has 1 amide bonds. The zero-order valence-corrected chi connectivity index (χ0v) is 12.1. The smallest absolute Gasteiger partial charge is 0.346 e. The zero-order chi connectivity index (χ0) is 15.5. The van der Waals surface area contributed by atoms with Crippen LogP contribution in [0.2, 0.25) is 0 Å². The number of carbonyl (C=O) groups excluding carboxylic acids is 1. The number of alkyl halides is 2. The molecule has 116 valence electrons. The van der Waals surface area contributed by atoms with Crippen LogP contribution in [0.5, 0.6) is 0 Å². The lowest BCUT2D eigenvalue weighted by Gasteiger charge is -2.25. The van der Waals surface area contributed by atoms with E-state index in [1.165, 1.54) is 18.2 Å². The van der Waals surface area contributed by atoms with E-state index in [0.29, 0.717) is 18.8 Å². The minimum absolute atomic E-state index is 0.249. The Morgan fingerprint density at radius 2 is 1.90 bits per heavy atom. The lowest BCUT2D eigenvalue weighted by molar-refractivity contribution is -0.158. The van der Waals surface area contributed by atoms with E-state index in [1.54, 1.807) is 19.9 Å². The fourth-order valence-electron chi connectivity index (χ4n) is 2.26. The van der Waals surface area contributed by atoms with Gasteiger partial charge in [0.15, 0.2) is 6.29 Å². The molecule has 0 saturated carbocycles. The average Bonchev–Trinajstić information content (AvgIpc) is 3.03. The van der Waals surface area contributed by atoms with Crippen LogP contribution in [0.15, 0.2) is 24.3 Å². The summed E-state index contributed by atoms with van der Waals surface area (Å²) in [6.45, 7) is 4.72. The van der Waals surface area contributed by atoms with E-state index >= 15 is 0 Å². The zero-order valence-electron chi connectivity index (χ0n) is 12.1. The van der Waals surface area contributed by atoms with Gasteiger partial charge in [0.05, 0.1) is 13.2 Å². The fourth-order valence-corrected chi connectivity index (χ4v) is 2.26. The highest BCUT2D eigenvalue weighted by Crippen LogP contribution is 2.33. The highest BCUT2D eigenvalue weighted by atomic mass is 19.3. The van der Waals surface area contributed by atoms with E-state index in [2.05, 4.69) is 0 Å². The second-order valence-electron chi connectivity index (χ2n) is 4.75. The number of amides is 1. The molecule has 0 bridgehead atoms. The molecule has 1 aromatic carbocycles. The number of rotatable bonds is 5. The Labute approximate surface area is 122 Å². The molecule has 0 radical (unpaired) electrons. The van der Waals surface area contributed by atoms with Crippen LogP contribution in [0.4, 0.5) is 8.78 Å². The summed E-state index contributed by atoms with van der Waals surface area (Å²) < 4.78 is 39.3. The molecule has 0 spiro atoms.